The van der Waals surface area contributed by atoms with Crippen LogP contribution in [0.2, 0.25) is 0 Å². The number of amides is 1. The van der Waals surface area contributed by atoms with E-state index in [2.05, 4.69) is 17.6 Å². The van der Waals surface area contributed by atoms with Gasteiger partial charge in [0.15, 0.2) is 0 Å². The summed E-state index contributed by atoms with van der Waals surface area (Å²) in [5, 5.41) is 6.24. The van der Waals surface area contributed by atoms with Gasteiger partial charge in [-0.1, -0.05) is 6.92 Å². The van der Waals surface area contributed by atoms with Crippen molar-refractivity contribution in [3.63, 3.8) is 0 Å². The van der Waals surface area contributed by atoms with Crippen LogP contribution in [0.15, 0.2) is 0 Å². The van der Waals surface area contributed by atoms with Crippen LogP contribution in [-0.4, -0.2) is 30.8 Å². The molecule has 4 heteroatoms. The summed E-state index contributed by atoms with van der Waals surface area (Å²) < 4.78 is 5.23. The van der Waals surface area contributed by atoms with E-state index in [-0.39, 0.29) is 12.1 Å². The molecule has 0 aromatic rings. The third-order valence-corrected chi connectivity index (χ3v) is 2.96. The van der Waals surface area contributed by atoms with Crippen LogP contribution in [0.5, 0.6) is 0 Å². The van der Waals surface area contributed by atoms with Crippen LogP contribution >= 0.6 is 0 Å². The molecule has 1 saturated heterocycles. The minimum absolute atomic E-state index is 0.153. The van der Waals surface area contributed by atoms with Crippen molar-refractivity contribution in [2.24, 2.45) is 11.8 Å². The van der Waals surface area contributed by atoms with Crippen LogP contribution in [0.3, 0.4) is 0 Å². The summed E-state index contributed by atoms with van der Waals surface area (Å²) in [7, 11) is 0. The lowest BCUT2D eigenvalue weighted by atomic mass is 9.91. The molecule has 1 heterocycles. The van der Waals surface area contributed by atoms with Gasteiger partial charge in [0.2, 0.25) is 0 Å². The maximum atomic E-state index is 11.6. The van der Waals surface area contributed by atoms with Gasteiger partial charge in [-0.15, -0.1) is 0 Å². The molecule has 0 spiro atoms. The largest absolute Gasteiger partial charge is 0.444 e. The highest BCUT2D eigenvalue weighted by atomic mass is 16.6. The van der Waals surface area contributed by atoms with E-state index in [0.717, 1.165) is 13.1 Å². The van der Waals surface area contributed by atoms with Crippen LogP contribution in [0.4, 0.5) is 4.79 Å². The molecule has 0 aromatic carbocycles. The van der Waals surface area contributed by atoms with E-state index in [1.165, 1.54) is 0 Å². The Morgan fingerprint density at radius 2 is 2.06 bits per heavy atom. The van der Waals surface area contributed by atoms with E-state index in [9.17, 15) is 4.79 Å². The molecule has 0 saturated carbocycles. The molecule has 1 amide bonds. The monoisotopic (exact) mass is 228 g/mol. The Bertz CT molecular complexity index is 248. The molecule has 94 valence electrons. The quantitative estimate of drug-likeness (QED) is 0.757. The van der Waals surface area contributed by atoms with Crippen molar-refractivity contribution in [1.29, 1.82) is 0 Å². The highest BCUT2D eigenvalue weighted by Gasteiger charge is 2.29. The smallest absolute Gasteiger partial charge is 0.407 e. The predicted octanol–water partition coefficient (Wildman–Crippen LogP) is 1.76. The number of ether oxygens (including phenoxy) is 1. The van der Waals surface area contributed by atoms with Crippen molar-refractivity contribution in [1.82, 2.24) is 10.6 Å². The molecule has 0 radical (unpaired) electrons. The minimum Gasteiger partial charge on any atom is -0.444 e. The second-order valence-electron chi connectivity index (χ2n) is 5.73. The van der Waals surface area contributed by atoms with Gasteiger partial charge < -0.3 is 15.4 Å². The Morgan fingerprint density at radius 3 is 2.50 bits per heavy atom. The van der Waals surface area contributed by atoms with Gasteiger partial charge in [-0.3, -0.25) is 0 Å². The van der Waals surface area contributed by atoms with Crippen LogP contribution in [0.25, 0.3) is 0 Å². The Hall–Kier alpha value is -0.770. The number of nitrogens with one attached hydrogen (secondary N) is 2. The molecule has 1 rings (SSSR count). The molecule has 3 atom stereocenters. The molecule has 0 bridgehead atoms. The second-order valence-corrected chi connectivity index (χ2v) is 5.73. The average Bonchev–Trinajstić information content (AvgIpc) is 2.47. The van der Waals surface area contributed by atoms with Crippen LogP contribution < -0.4 is 10.6 Å². The molecule has 0 aliphatic carbocycles. The molecule has 2 N–H and O–H groups in total. The number of rotatable bonds is 2. The van der Waals surface area contributed by atoms with Gasteiger partial charge >= 0.3 is 6.09 Å². The van der Waals surface area contributed by atoms with E-state index >= 15 is 0 Å². The third kappa shape index (κ3) is 4.00. The van der Waals surface area contributed by atoms with E-state index < -0.39 is 5.60 Å². The second kappa shape index (κ2) is 5.04. The summed E-state index contributed by atoms with van der Waals surface area (Å²) >= 11 is 0. The Morgan fingerprint density at radius 1 is 1.44 bits per heavy atom. The van der Waals surface area contributed by atoms with Gasteiger partial charge in [0, 0.05) is 12.6 Å². The fourth-order valence-electron chi connectivity index (χ4n) is 2.10. The first kappa shape index (κ1) is 13.3. The maximum absolute atomic E-state index is 11.6. The van der Waals surface area contributed by atoms with E-state index in [1.54, 1.807) is 0 Å². The normalized spacial score (nSPS) is 27.6. The van der Waals surface area contributed by atoms with Gasteiger partial charge in [0.05, 0.1) is 0 Å². The zero-order chi connectivity index (χ0) is 12.3. The van der Waals surface area contributed by atoms with E-state index in [0.29, 0.717) is 11.8 Å². The summed E-state index contributed by atoms with van der Waals surface area (Å²) in [5.74, 6) is 1.09. The zero-order valence-corrected chi connectivity index (χ0v) is 11.0. The summed E-state index contributed by atoms with van der Waals surface area (Å²) in [4.78, 5) is 11.6. The van der Waals surface area contributed by atoms with Gasteiger partial charge in [-0.05, 0) is 46.1 Å². The average molecular weight is 228 g/mol. The van der Waals surface area contributed by atoms with Crippen molar-refractivity contribution in [3.05, 3.63) is 0 Å². The molecule has 3 unspecified atom stereocenters. The number of hydrogen-bond acceptors (Lipinski definition) is 3. The summed E-state index contributed by atoms with van der Waals surface area (Å²) in [5.41, 5.74) is -0.427. The summed E-state index contributed by atoms with van der Waals surface area (Å²) in [6.45, 7) is 11.9. The van der Waals surface area contributed by atoms with Gasteiger partial charge in [-0.2, -0.15) is 0 Å². The van der Waals surface area contributed by atoms with Crippen LogP contribution in [0, 0.1) is 11.8 Å². The Balaban J connectivity index is 2.39. The van der Waals surface area contributed by atoms with Crippen molar-refractivity contribution >= 4 is 6.09 Å². The van der Waals surface area contributed by atoms with Gasteiger partial charge in [-0.25, -0.2) is 4.79 Å². The van der Waals surface area contributed by atoms with Gasteiger partial charge in [0.25, 0.3) is 0 Å². The van der Waals surface area contributed by atoms with Gasteiger partial charge in [0.1, 0.15) is 5.60 Å². The lowest BCUT2D eigenvalue weighted by Gasteiger charge is -2.26. The topological polar surface area (TPSA) is 50.4 Å². The minimum atomic E-state index is -0.427. The molecule has 1 fully saturated rings. The summed E-state index contributed by atoms with van der Waals surface area (Å²) in [6, 6.07) is 0.153. The first-order chi connectivity index (χ1) is 7.29. The summed E-state index contributed by atoms with van der Waals surface area (Å²) in [6.07, 6.45) is -0.320. The molecule has 16 heavy (non-hydrogen) atoms. The Kier molecular flexibility index (Phi) is 4.19. The fraction of sp³-hybridized carbons (Fsp3) is 0.917. The SMILES string of the molecule is CC1CNCC1C(C)NC(=O)OC(C)(C)C. The maximum Gasteiger partial charge on any atom is 0.407 e. The number of alkyl carbamates (subject to hydrolysis) is 1. The van der Waals surface area contributed by atoms with Crippen LogP contribution in [0.1, 0.15) is 34.6 Å². The zero-order valence-electron chi connectivity index (χ0n) is 11.0. The first-order valence-electron chi connectivity index (χ1n) is 6.00. The Labute approximate surface area is 98.1 Å². The predicted molar refractivity (Wildman–Crippen MR) is 64.4 cm³/mol. The standard InChI is InChI=1S/C12H24N2O2/c1-8-6-13-7-10(8)9(2)14-11(15)16-12(3,4)5/h8-10,13H,6-7H2,1-5H3,(H,14,15). The lowest BCUT2D eigenvalue weighted by molar-refractivity contribution is 0.0489. The highest BCUT2D eigenvalue weighted by molar-refractivity contribution is 5.68. The number of hydrogen-bond donors (Lipinski definition) is 2. The molecular formula is C12H24N2O2. The van der Waals surface area contributed by atoms with Crippen molar-refractivity contribution in [3.8, 4) is 0 Å². The van der Waals surface area contributed by atoms with E-state index in [4.69, 9.17) is 4.74 Å². The molecule has 4 nitrogen and oxygen atoms in total. The molecule has 1 aliphatic heterocycles. The molecule has 1 aliphatic rings. The van der Waals surface area contributed by atoms with Crippen molar-refractivity contribution < 1.29 is 9.53 Å². The van der Waals surface area contributed by atoms with Crippen molar-refractivity contribution in [2.45, 2.75) is 46.3 Å². The highest BCUT2D eigenvalue weighted by Crippen LogP contribution is 2.19. The number of carbonyl (C=O) groups is 1. The van der Waals surface area contributed by atoms with Crippen LogP contribution in [-0.2, 0) is 4.74 Å². The number of carbonyl (C=O) groups excluding carboxylic acids is 1. The lowest BCUT2D eigenvalue weighted by Crippen LogP contribution is -2.43. The fourth-order valence-corrected chi connectivity index (χ4v) is 2.10. The third-order valence-electron chi connectivity index (χ3n) is 2.96. The van der Waals surface area contributed by atoms with Crippen molar-refractivity contribution in [2.75, 3.05) is 13.1 Å². The molecule has 0 aromatic heterocycles. The first-order valence-corrected chi connectivity index (χ1v) is 6.00. The van der Waals surface area contributed by atoms with E-state index in [1.807, 2.05) is 27.7 Å². The molecular weight excluding hydrogens is 204 g/mol.